The van der Waals surface area contributed by atoms with Crippen molar-refractivity contribution < 1.29 is 9.21 Å². The number of hydrogen-bond donors (Lipinski definition) is 0. The number of carbonyl (C=O) groups excluding carboxylic acids is 1. The third-order valence-corrected chi connectivity index (χ3v) is 5.08. The van der Waals surface area contributed by atoms with Gasteiger partial charge in [-0.1, -0.05) is 30.0 Å². The smallest absolute Gasteiger partial charge is 0.237 e. The average Bonchev–Trinajstić information content (AvgIpc) is 3.35. The summed E-state index contributed by atoms with van der Waals surface area (Å²) in [6.45, 7) is 0.377. The van der Waals surface area contributed by atoms with Crippen molar-refractivity contribution in [3.63, 3.8) is 0 Å². The summed E-state index contributed by atoms with van der Waals surface area (Å²) in [6, 6.07) is 13.2. The zero-order valence-corrected chi connectivity index (χ0v) is 15.5. The molecule has 0 aliphatic heterocycles. The van der Waals surface area contributed by atoms with Gasteiger partial charge in [0.15, 0.2) is 5.65 Å². The molecule has 0 aliphatic rings. The van der Waals surface area contributed by atoms with Gasteiger partial charge in [-0.05, 0) is 24.3 Å². The fourth-order valence-electron chi connectivity index (χ4n) is 2.75. The largest absolute Gasteiger partial charge is 0.467 e. The zero-order valence-electron chi connectivity index (χ0n) is 14.6. The second-order valence-corrected chi connectivity index (χ2v) is 6.83. The van der Waals surface area contributed by atoms with Gasteiger partial charge < -0.3 is 9.32 Å². The van der Waals surface area contributed by atoms with Crippen LogP contribution in [-0.2, 0) is 18.4 Å². The molecule has 1 aromatic carbocycles. The van der Waals surface area contributed by atoms with Crippen LogP contribution in [0.25, 0.3) is 11.0 Å². The number of benzene rings is 1. The van der Waals surface area contributed by atoms with Gasteiger partial charge in [0.05, 0.1) is 30.1 Å². The van der Waals surface area contributed by atoms with E-state index in [0.29, 0.717) is 6.54 Å². The van der Waals surface area contributed by atoms with Crippen molar-refractivity contribution in [2.45, 2.75) is 11.6 Å². The molecule has 0 bridgehead atoms. The van der Waals surface area contributed by atoms with Crippen LogP contribution in [0.3, 0.4) is 0 Å². The topological polar surface area (TPSA) is 77.0 Å². The number of rotatable bonds is 6. The first kappa shape index (κ1) is 17.3. The molecule has 8 heteroatoms. The molecule has 0 fully saturated rings. The van der Waals surface area contributed by atoms with E-state index >= 15 is 0 Å². The maximum absolute atomic E-state index is 13.0. The van der Waals surface area contributed by atoms with Crippen molar-refractivity contribution in [1.82, 2.24) is 19.7 Å². The molecule has 0 atom stereocenters. The van der Waals surface area contributed by atoms with E-state index in [0.717, 1.165) is 27.5 Å². The Bertz CT molecular complexity index is 1050. The molecule has 0 N–H and O–H groups in total. The number of amides is 1. The minimum Gasteiger partial charge on any atom is -0.467 e. The number of thioether (sulfide) groups is 1. The first-order chi connectivity index (χ1) is 13.2. The molecule has 0 radical (unpaired) electrons. The summed E-state index contributed by atoms with van der Waals surface area (Å²) in [5.74, 6) is 0.948. The monoisotopic (exact) mass is 379 g/mol. The average molecular weight is 379 g/mol. The predicted octanol–water partition coefficient (Wildman–Crippen LogP) is 3.28. The Morgan fingerprint density at radius 3 is 2.81 bits per heavy atom. The fourth-order valence-corrected chi connectivity index (χ4v) is 3.59. The van der Waals surface area contributed by atoms with E-state index in [9.17, 15) is 4.79 Å². The summed E-state index contributed by atoms with van der Waals surface area (Å²) in [6.07, 6.45) is 4.83. The van der Waals surface area contributed by atoms with Gasteiger partial charge in [0.2, 0.25) is 5.91 Å². The van der Waals surface area contributed by atoms with Gasteiger partial charge in [-0.25, -0.2) is 9.97 Å². The number of anilines is 1. The maximum Gasteiger partial charge on any atom is 0.237 e. The van der Waals surface area contributed by atoms with E-state index < -0.39 is 0 Å². The van der Waals surface area contributed by atoms with Crippen molar-refractivity contribution >= 4 is 34.4 Å². The Balaban J connectivity index is 1.54. The SMILES string of the molecule is Cn1ncc2c(SCC(=O)N(Cc3ccco3)c3ccccc3)ncnc21. The Morgan fingerprint density at radius 1 is 1.19 bits per heavy atom. The van der Waals surface area contributed by atoms with Crippen LogP contribution in [0.2, 0.25) is 0 Å². The highest BCUT2D eigenvalue weighted by molar-refractivity contribution is 8.00. The molecule has 0 unspecified atom stereocenters. The summed E-state index contributed by atoms with van der Waals surface area (Å²) in [5.41, 5.74) is 1.57. The van der Waals surface area contributed by atoms with E-state index in [1.807, 2.05) is 49.5 Å². The fraction of sp³-hybridized carbons (Fsp3) is 0.158. The van der Waals surface area contributed by atoms with Crippen LogP contribution in [0.5, 0.6) is 0 Å². The summed E-state index contributed by atoms with van der Waals surface area (Å²) >= 11 is 1.38. The van der Waals surface area contributed by atoms with Gasteiger partial charge in [0.25, 0.3) is 0 Å². The molecular formula is C19H17N5O2S. The molecule has 136 valence electrons. The van der Waals surface area contributed by atoms with E-state index in [-0.39, 0.29) is 11.7 Å². The standard InChI is InChI=1S/C19H17N5O2S/c1-23-18-16(10-22-23)19(21-13-20-18)27-12-17(25)24(11-15-8-5-9-26-15)14-6-3-2-4-7-14/h2-10,13H,11-12H2,1H3. The van der Waals surface area contributed by atoms with Crippen molar-refractivity contribution in [2.75, 3.05) is 10.7 Å². The van der Waals surface area contributed by atoms with E-state index in [2.05, 4.69) is 15.1 Å². The molecule has 3 heterocycles. The lowest BCUT2D eigenvalue weighted by molar-refractivity contribution is -0.116. The van der Waals surface area contributed by atoms with Gasteiger partial charge in [0.1, 0.15) is 17.1 Å². The maximum atomic E-state index is 13.0. The number of para-hydroxylation sites is 1. The van der Waals surface area contributed by atoms with Crippen molar-refractivity contribution in [1.29, 1.82) is 0 Å². The first-order valence-electron chi connectivity index (χ1n) is 8.35. The summed E-state index contributed by atoms with van der Waals surface area (Å²) < 4.78 is 7.12. The third kappa shape index (κ3) is 3.70. The van der Waals surface area contributed by atoms with Gasteiger partial charge in [-0.2, -0.15) is 5.10 Å². The predicted molar refractivity (Wildman–Crippen MR) is 103 cm³/mol. The Hall–Kier alpha value is -3.13. The first-order valence-corrected chi connectivity index (χ1v) is 9.34. The van der Waals surface area contributed by atoms with Crippen LogP contribution < -0.4 is 4.90 Å². The summed E-state index contributed by atoms with van der Waals surface area (Å²) in [7, 11) is 1.83. The lowest BCUT2D eigenvalue weighted by Gasteiger charge is -2.21. The van der Waals surface area contributed by atoms with Crippen LogP contribution in [0.4, 0.5) is 5.69 Å². The normalized spacial score (nSPS) is 11.0. The number of fused-ring (bicyclic) bond motifs is 1. The van der Waals surface area contributed by atoms with Crippen LogP contribution in [0, 0.1) is 0 Å². The van der Waals surface area contributed by atoms with Crippen LogP contribution >= 0.6 is 11.8 Å². The van der Waals surface area contributed by atoms with Crippen molar-refractivity contribution in [3.8, 4) is 0 Å². The number of nitrogens with zero attached hydrogens (tertiary/aromatic N) is 5. The Morgan fingerprint density at radius 2 is 2.04 bits per heavy atom. The Labute approximate surface area is 160 Å². The summed E-state index contributed by atoms with van der Waals surface area (Å²) in [5, 5.41) is 5.79. The van der Waals surface area contributed by atoms with Gasteiger partial charge in [-0.3, -0.25) is 9.48 Å². The molecule has 0 saturated heterocycles. The van der Waals surface area contributed by atoms with E-state index in [1.165, 1.54) is 18.1 Å². The number of carbonyl (C=O) groups is 1. The van der Waals surface area contributed by atoms with Crippen molar-refractivity contribution in [2.24, 2.45) is 7.05 Å². The number of aryl methyl sites for hydroxylation is 1. The second kappa shape index (κ2) is 7.63. The van der Waals surface area contributed by atoms with Crippen molar-refractivity contribution in [3.05, 3.63) is 67.0 Å². The van der Waals surface area contributed by atoms with Gasteiger partial charge in [-0.15, -0.1) is 0 Å². The molecule has 4 rings (SSSR count). The Kier molecular flexibility index (Phi) is 4.88. The molecule has 27 heavy (non-hydrogen) atoms. The lowest BCUT2D eigenvalue weighted by atomic mass is 10.2. The second-order valence-electron chi connectivity index (χ2n) is 5.87. The van der Waals surface area contributed by atoms with Crippen LogP contribution in [-0.4, -0.2) is 31.4 Å². The quantitative estimate of drug-likeness (QED) is 0.378. The highest BCUT2D eigenvalue weighted by atomic mass is 32.2. The molecule has 4 aromatic rings. The molecule has 1 amide bonds. The molecule has 3 aromatic heterocycles. The minimum absolute atomic E-state index is 0.0294. The molecule has 0 aliphatic carbocycles. The molecule has 0 spiro atoms. The van der Waals surface area contributed by atoms with Crippen LogP contribution in [0.15, 0.2) is 70.7 Å². The minimum atomic E-state index is -0.0294. The number of hydrogen-bond acceptors (Lipinski definition) is 6. The lowest BCUT2D eigenvalue weighted by Crippen LogP contribution is -2.31. The van der Waals surface area contributed by atoms with E-state index in [4.69, 9.17) is 4.42 Å². The molecule has 7 nitrogen and oxygen atoms in total. The number of furan rings is 1. The van der Waals surface area contributed by atoms with Crippen LogP contribution in [0.1, 0.15) is 5.76 Å². The molecule has 0 saturated carbocycles. The molecular weight excluding hydrogens is 362 g/mol. The summed E-state index contributed by atoms with van der Waals surface area (Å²) in [4.78, 5) is 23.2. The van der Waals surface area contributed by atoms with Gasteiger partial charge >= 0.3 is 0 Å². The van der Waals surface area contributed by atoms with Gasteiger partial charge in [0, 0.05) is 12.7 Å². The number of aromatic nitrogens is 4. The highest BCUT2D eigenvalue weighted by Gasteiger charge is 2.19. The van der Waals surface area contributed by atoms with E-state index in [1.54, 1.807) is 22.0 Å². The zero-order chi connectivity index (χ0) is 18.6. The highest BCUT2D eigenvalue weighted by Crippen LogP contribution is 2.25. The third-order valence-electron chi connectivity index (χ3n) is 4.09.